The van der Waals surface area contributed by atoms with Crippen LogP contribution in [0.15, 0.2) is 108 Å². The molecule has 0 bridgehead atoms. The molecule has 0 N–H and O–H groups in total. The molecule has 0 saturated heterocycles. The molecule has 4 aromatic carbocycles. The van der Waals surface area contributed by atoms with E-state index in [1.54, 1.807) is 0 Å². The second kappa shape index (κ2) is 6.89. The van der Waals surface area contributed by atoms with Crippen molar-refractivity contribution < 1.29 is 4.42 Å². The summed E-state index contributed by atoms with van der Waals surface area (Å²) in [5, 5.41) is 2.54. The van der Waals surface area contributed by atoms with Gasteiger partial charge in [0.05, 0.1) is 0 Å². The van der Waals surface area contributed by atoms with Gasteiger partial charge in [-0.25, -0.2) is 0 Å². The SMILES string of the molecule is C1=C(c2ccc(-c3ccccc3)o2)Cc2cccc(-c3ccc4ccccc4c3)c21. The molecule has 1 heteroatoms. The van der Waals surface area contributed by atoms with E-state index in [-0.39, 0.29) is 0 Å². The Labute approximate surface area is 175 Å². The highest BCUT2D eigenvalue weighted by Crippen LogP contribution is 2.39. The third-order valence-electron chi connectivity index (χ3n) is 5.94. The number of hydrogen-bond acceptors (Lipinski definition) is 1. The first kappa shape index (κ1) is 17.1. The number of rotatable bonds is 3. The molecule has 142 valence electrons. The van der Waals surface area contributed by atoms with Crippen LogP contribution in [-0.2, 0) is 6.42 Å². The first-order valence-electron chi connectivity index (χ1n) is 10.3. The zero-order chi connectivity index (χ0) is 19.9. The van der Waals surface area contributed by atoms with E-state index < -0.39 is 0 Å². The Morgan fingerprint density at radius 2 is 1.37 bits per heavy atom. The molecular weight excluding hydrogens is 364 g/mol. The summed E-state index contributed by atoms with van der Waals surface area (Å²) < 4.78 is 6.22. The van der Waals surface area contributed by atoms with Gasteiger partial charge in [-0.1, -0.05) is 84.9 Å². The number of furan rings is 1. The van der Waals surface area contributed by atoms with Crippen molar-refractivity contribution >= 4 is 22.4 Å². The lowest BCUT2D eigenvalue weighted by Crippen LogP contribution is -1.87. The number of allylic oxidation sites excluding steroid dienone is 1. The maximum Gasteiger partial charge on any atom is 0.134 e. The normalized spacial score (nSPS) is 12.7. The third kappa shape index (κ3) is 2.87. The van der Waals surface area contributed by atoms with Gasteiger partial charge < -0.3 is 4.42 Å². The average molecular weight is 384 g/mol. The van der Waals surface area contributed by atoms with Crippen LogP contribution in [0.2, 0.25) is 0 Å². The lowest BCUT2D eigenvalue weighted by Gasteiger charge is -2.09. The van der Waals surface area contributed by atoms with Crippen molar-refractivity contribution in [1.29, 1.82) is 0 Å². The van der Waals surface area contributed by atoms with Gasteiger partial charge >= 0.3 is 0 Å². The Bertz CT molecular complexity index is 1400. The minimum atomic E-state index is 0.901. The highest BCUT2D eigenvalue weighted by Gasteiger charge is 2.20. The summed E-state index contributed by atoms with van der Waals surface area (Å²) in [6.45, 7) is 0. The highest BCUT2D eigenvalue weighted by atomic mass is 16.3. The molecule has 0 radical (unpaired) electrons. The van der Waals surface area contributed by atoms with Gasteiger partial charge in [0.1, 0.15) is 11.5 Å². The van der Waals surface area contributed by atoms with E-state index in [0.717, 1.165) is 23.5 Å². The minimum absolute atomic E-state index is 0.901. The van der Waals surface area contributed by atoms with Crippen LogP contribution in [0.3, 0.4) is 0 Å². The van der Waals surface area contributed by atoms with Crippen LogP contribution in [0.4, 0.5) is 0 Å². The first-order valence-corrected chi connectivity index (χ1v) is 10.3. The smallest absolute Gasteiger partial charge is 0.134 e. The first-order chi connectivity index (χ1) is 14.8. The van der Waals surface area contributed by atoms with E-state index >= 15 is 0 Å². The Morgan fingerprint density at radius 3 is 2.27 bits per heavy atom. The number of hydrogen-bond donors (Lipinski definition) is 0. The topological polar surface area (TPSA) is 13.1 Å². The molecule has 30 heavy (non-hydrogen) atoms. The van der Waals surface area contributed by atoms with Gasteiger partial charge in [-0.3, -0.25) is 0 Å². The molecule has 0 amide bonds. The molecule has 1 heterocycles. The summed E-state index contributed by atoms with van der Waals surface area (Å²) in [5.41, 5.74) is 7.54. The number of benzene rings is 4. The molecule has 1 nitrogen and oxygen atoms in total. The molecule has 1 aliphatic carbocycles. The Hall–Kier alpha value is -3.84. The third-order valence-corrected chi connectivity index (χ3v) is 5.94. The van der Waals surface area contributed by atoms with Gasteiger partial charge in [-0.05, 0) is 62.9 Å². The van der Waals surface area contributed by atoms with Crippen LogP contribution in [0.5, 0.6) is 0 Å². The molecule has 0 aliphatic heterocycles. The van der Waals surface area contributed by atoms with E-state index in [2.05, 4.69) is 91.0 Å². The molecule has 0 spiro atoms. The van der Waals surface area contributed by atoms with Gasteiger partial charge in [0.15, 0.2) is 0 Å². The summed E-state index contributed by atoms with van der Waals surface area (Å²) in [4.78, 5) is 0. The van der Waals surface area contributed by atoms with Gasteiger partial charge in [0.2, 0.25) is 0 Å². The molecule has 0 fully saturated rings. The molecule has 0 unspecified atom stereocenters. The molecular formula is C29H20O. The maximum absolute atomic E-state index is 6.22. The van der Waals surface area contributed by atoms with Crippen LogP contribution in [0.1, 0.15) is 16.9 Å². The molecule has 0 atom stereocenters. The lowest BCUT2D eigenvalue weighted by molar-refractivity contribution is 0.566. The fourth-order valence-electron chi connectivity index (χ4n) is 4.40. The standard InChI is InChI=1S/C29H20O/c1-2-8-21(9-3-1)28-15-16-29(30-28)25-18-23-11-6-12-26(27(23)19-25)24-14-13-20-7-4-5-10-22(20)17-24/h1-17,19H,18H2. The zero-order valence-electron chi connectivity index (χ0n) is 16.5. The van der Waals surface area contributed by atoms with Crippen LogP contribution in [0, 0.1) is 0 Å². The molecule has 5 aromatic rings. The fraction of sp³-hybridized carbons (Fsp3) is 0.0345. The fourth-order valence-corrected chi connectivity index (χ4v) is 4.40. The summed E-state index contributed by atoms with van der Waals surface area (Å²) in [7, 11) is 0. The molecule has 6 rings (SSSR count). The Morgan fingerprint density at radius 1 is 0.567 bits per heavy atom. The highest BCUT2D eigenvalue weighted by molar-refractivity contribution is 5.95. The molecule has 1 aromatic heterocycles. The van der Waals surface area contributed by atoms with Crippen molar-refractivity contribution in [2.45, 2.75) is 6.42 Å². The Balaban J connectivity index is 1.40. The zero-order valence-corrected chi connectivity index (χ0v) is 16.5. The monoisotopic (exact) mass is 384 g/mol. The van der Waals surface area contributed by atoms with Crippen molar-refractivity contribution in [3.63, 3.8) is 0 Å². The van der Waals surface area contributed by atoms with Gasteiger partial charge in [-0.15, -0.1) is 0 Å². The second-order valence-corrected chi connectivity index (χ2v) is 7.82. The van der Waals surface area contributed by atoms with Crippen molar-refractivity contribution in [2.75, 3.05) is 0 Å². The maximum atomic E-state index is 6.22. The summed E-state index contributed by atoms with van der Waals surface area (Å²) in [5.74, 6) is 1.87. The Kier molecular flexibility index (Phi) is 3.92. The second-order valence-electron chi connectivity index (χ2n) is 7.82. The summed E-state index contributed by atoms with van der Waals surface area (Å²) in [6.07, 6.45) is 3.20. The lowest BCUT2D eigenvalue weighted by atomic mass is 9.95. The average Bonchev–Trinajstić information content (AvgIpc) is 3.46. The van der Waals surface area contributed by atoms with E-state index in [1.165, 1.54) is 38.6 Å². The largest absolute Gasteiger partial charge is 0.456 e. The van der Waals surface area contributed by atoms with Crippen LogP contribution >= 0.6 is 0 Å². The summed E-state index contributed by atoms with van der Waals surface area (Å²) >= 11 is 0. The van der Waals surface area contributed by atoms with Crippen molar-refractivity contribution in [3.05, 3.63) is 120 Å². The quantitative estimate of drug-likeness (QED) is 0.308. The van der Waals surface area contributed by atoms with Crippen LogP contribution in [0.25, 0.3) is 44.9 Å². The minimum Gasteiger partial charge on any atom is -0.456 e. The van der Waals surface area contributed by atoms with Gasteiger partial charge in [0, 0.05) is 12.0 Å². The predicted octanol–water partition coefficient (Wildman–Crippen LogP) is 7.86. The van der Waals surface area contributed by atoms with Gasteiger partial charge in [0.25, 0.3) is 0 Å². The van der Waals surface area contributed by atoms with Crippen LogP contribution < -0.4 is 0 Å². The van der Waals surface area contributed by atoms with E-state index in [4.69, 9.17) is 4.42 Å². The van der Waals surface area contributed by atoms with Crippen molar-refractivity contribution in [1.82, 2.24) is 0 Å². The van der Waals surface area contributed by atoms with Crippen molar-refractivity contribution in [2.24, 2.45) is 0 Å². The number of fused-ring (bicyclic) bond motifs is 2. The van der Waals surface area contributed by atoms with Crippen molar-refractivity contribution in [3.8, 4) is 22.5 Å². The van der Waals surface area contributed by atoms with Crippen LogP contribution in [-0.4, -0.2) is 0 Å². The van der Waals surface area contributed by atoms with E-state index in [1.807, 2.05) is 18.2 Å². The predicted molar refractivity (Wildman–Crippen MR) is 125 cm³/mol. The molecule has 1 aliphatic rings. The summed E-state index contributed by atoms with van der Waals surface area (Å²) in [6, 6.07) is 36.3. The van der Waals surface area contributed by atoms with E-state index in [9.17, 15) is 0 Å². The molecule has 0 saturated carbocycles. The van der Waals surface area contributed by atoms with Gasteiger partial charge in [-0.2, -0.15) is 0 Å². The van der Waals surface area contributed by atoms with E-state index in [0.29, 0.717) is 0 Å².